The van der Waals surface area contributed by atoms with Crippen LogP contribution in [0, 0.1) is 5.92 Å². The molecule has 0 amide bonds. The highest BCUT2D eigenvalue weighted by Crippen LogP contribution is 2.34. The van der Waals surface area contributed by atoms with Gasteiger partial charge in [0.2, 0.25) is 0 Å². The van der Waals surface area contributed by atoms with E-state index in [9.17, 15) is 13.2 Å². The number of amidine groups is 1. The van der Waals surface area contributed by atoms with Gasteiger partial charge < -0.3 is 5.32 Å². The van der Waals surface area contributed by atoms with Crippen LogP contribution in [0.2, 0.25) is 5.02 Å². The average molecular weight is 323 g/mol. The van der Waals surface area contributed by atoms with E-state index in [2.05, 4.69) is 24.2 Å². The standard InChI is InChI=1S/C13H14ClF3N2S/c1-7(2)11-6-18-12(20-11)19-10-4-8(13(15,16)17)3-9(14)5-10/h3-5,7,11H,6H2,1-2H3,(H,18,19). The van der Waals surface area contributed by atoms with Crippen molar-refractivity contribution in [3.63, 3.8) is 0 Å². The molecular formula is C13H14ClF3N2S. The number of hydrogen-bond donors (Lipinski definition) is 1. The van der Waals surface area contributed by atoms with Crippen LogP contribution < -0.4 is 5.32 Å². The molecule has 2 rings (SSSR count). The molecule has 1 aliphatic rings. The van der Waals surface area contributed by atoms with E-state index in [4.69, 9.17) is 11.6 Å². The second kappa shape index (κ2) is 5.85. The first kappa shape index (κ1) is 15.5. The predicted molar refractivity (Wildman–Crippen MR) is 78.6 cm³/mol. The molecule has 0 radical (unpaired) electrons. The molecule has 1 aromatic carbocycles. The first-order valence-electron chi connectivity index (χ1n) is 6.11. The first-order chi connectivity index (χ1) is 9.25. The monoisotopic (exact) mass is 322 g/mol. The maximum Gasteiger partial charge on any atom is 0.416 e. The highest BCUT2D eigenvalue weighted by molar-refractivity contribution is 8.15. The van der Waals surface area contributed by atoms with Gasteiger partial charge in [0.05, 0.1) is 12.1 Å². The summed E-state index contributed by atoms with van der Waals surface area (Å²) in [6.45, 7) is 4.87. The van der Waals surface area contributed by atoms with Gasteiger partial charge in [-0.05, 0) is 24.1 Å². The lowest BCUT2D eigenvalue weighted by Crippen LogP contribution is -2.13. The summed E-state index contributed by atoms with van der Waals surface area (Å²) in [5, 5.41) is 3.95. The third-order valence-corrected chi connectivity index (χ3v) is 4.57. The molecule has 20 heavy (non-hydrogen) atoms. The molecule has 2 nitrogen and oxygen atoms in total. The minimum absolute atomic E-state index is 0.0475. The van der Waals surface area contributed by atoms with Crippen LogP contribution >= 0.6 is 23.4 Å². The summed E-state index contributed by atoms with van der Waals surface area (Å²) in [6, 6.07) is 3.41. The van der Waals surface area contributed by atoms with Crippen LogP contribution in [-0.2, 0) is 6.18 Å². The van der Waals surface area contributed by atoms with E-state index in [1.165, 1.54) is 6.07 Å². The van der Waals surface area contributed by atoms with E-state index >= 15 is 0 Å². The summed E-state index contributed by atoms with van der Waals surface area (Å²) in [7, 11) is 0. The number of alkyl halides is 3. The molecular weight excluding hydrogens is 309 g/mol. The fraction of sp³-hybridized carbons (Fsp3) is 0.462. The van der Waals surface area contributed by atoms with Crippen LogP contribution in [0.4, 0.5) is 18.9 Å². The maximum absolute atomic E-state index is 12.7. The highest BCUT2D eigenvalue weighted by Gasteiger charge is 2.31. The van der Waals surface area contributed by atoms with Crippen molar-refractivity contribution in [2.45, 2.75) is 25.3 Å². The molecule has 0 saturated heterocycles. The zero-order valence-corrected chi connectivity index (χ0v) is 12.5. The first-order valence-corrected chi connectivity index (χ1v) is 7.37. The molecule has 1 aromatic rings. The van der Waals surface area contributed by atoms with Gasteiger partial charge in [0, 0.05) is 16.0 Å². The van der Waals surface area contributed by atoms with Crippen molar-refractivity contribution in [3.05, 3.63) is 28.8 Å². The largest absolute Gasteiger partial charge is 0.416 e. The molecule has 0 fully saturated rings. The summed E-state index contributed by atoms with van der Waals surface area (Å²) >= 11 is 7.28. The Morgan fingerprint density at radius 1 is 1.35 bits per heavy atom. The molecule has 1 N–H and O–H groups in total. The van der Waals surface area contributed by atoms with Gasteiger partial charge in [0.15, 0.2) is 5.17 Å². The Morgan fingerprint density at radius 3 is 2.60 bits per heavy atom. The number of nitrogens with one attached hydrogen (secondary N) is 1. The van der Waals surface area contributed by atoms with Crippen LogP contribution in [-0.4, -0.2) is 17.0 Å². The highest BCUT2D eigenvalue weighted by atomic mass is 35.5. The number of benzene rings is 1. The van der Waals surface area contributed by atoms with Crippen molar-refractivity contribution in [2.24, 2.45) is 10.9 Å². The number of rotatable bonds is 2. The van der Waals surface area contributed by atoms with Crippen LogP contribution in [0.15, 0.2) is 23.2 Å². The Bertz CT molecular complexity index is 529. The smallest absolute Gasteiger partial charge is 0.335 e. The second-order valence-corrected chi connectivity index (χ2v) is 6.56. The second-order valence-electron chi connectivity index (χ2n) is 4.90. The zero-order valence-electron chi connectivity index (χ0n) is 11.0. The Morgan fingerprint density at radius 2 is 2.05 bits per heavy atom. The van der Waals surface area contributed by atoms with E-state index in [-0.39, 0.29) is 5.02 Å². The summed E-state index contributed by atoms with van der Waals surface area (Å²) in [6.07, 6.45) is -4.41. The molecule has 7 heteroatoms. The van der Waals surface area contributed by atoms with Crippen LogP contribution in [0.25, 0.3) is 0 Å². The average Bonchev–Trinajstić information content (AvgIpc) is 2.75. The van der Waals surface area contributed by atoms with Gasteiger partial charge in [-0.1, -0.05) is 37.2 Å². The van der Waals surface area contributed by atoms with Gasteiger partial charge in [0.1, 0.15) is 0 Å². The fourth-order valence-corrected chi connectivity index (χ4v) is 3.02. The predicted octanol–water partition coefficient (Wildman–Crippen LogP) is 4.90. The lowest BCUT2D eigenvalue weighted by molar-refractivity contribution is -0.137. The van der Waals surface area contributed by atoms with Crippen molar-refractivity contribution in [1.82, 2.24) is 0 Å². The van der Waals surface area contributed by atoms with E-state index in [1.54, 1.807) is 11.8 Å². The van der Waals surface area contributed by atoms with Crippen molar-refractivity contribution in [3.8, 4) is 0 Å². The topological polar surface area (TPSA) is 24.4 Å². The molecule has 0 bridgehead atoms. The number of anilines is 1. The molecule has 0 saturated carbocycles. The van der Waals surface area contributed by atoms with Crippen molar-refractivity contribution in [2.75, 3.05) is 11.9 Å². The lowest BCUT2D eigenvalue weighted by Gasteiger charge is -2.13. The lowest BCUT2D eigenvalue weighted by atomic mass is 10.1. The molecule has 0 aromatic heterocycles. The van der Waals surface area contributed by atoms with E-state index in [0.717, 1.165) is 12.1 Å². The zero-order chi connectivity index (χ0) is 14.9. The number of hydrogen-bond acceptors (Lipinski definition) is 3. The van der Waals surface area contributed by atoms with E-state index < -0.39 is 11.7 Å². The summed E-state index contributed by atoms with van der Waals surface area (Å²) in [4.78, 5) is 4.30. The number of halogens is 4. The van der Waals surface area contributed by atoms with Crippen molar-refractivity contribution < 1.29 is 13.2 Å². The Kier molecular flexibility index (Phi) is 4.54. The molecule has 1 heterocycles. The fourth-order valence-electron chi connectivity index (χ4n) is 1.76. The van der Waals surface area contributed by atoms with Crippen LogP contribution in [0.1, 0.15) is 19.4 Å². The SMILES string of the molecule is CC(C)C1CN=C(Nc2cc(Cl)cc(C(F)(F)F)c2)S1. The summed E-state index contributed by atoms with van der Waals surface area (Å²) < 4.78 is 38.1. The summed E-state index contributed by atoms with van der Waals surface area (Å²) in [5.74, 6) is 0.466. The van der Waals surface area contributed by atoms with Gasteiger partial charge in [-0.25, -0.2) is 0 Å². The van der Waals surface area contributed by atoms with Gasteiger partial charge in [0.25, 0.3) is 0 Å². The summed E-state index contributed by atoms with van der Waals surface area (Å²) in [5.41, 5.74) is -0.461. The third-order valence-electron chi connectivity index (χ3n) is 2.90. The number of aliphatic imine (C=N–C) groups is 1. The van der Waals surface area contributed by atoms with E-state index in [0.29, 0.717) is 28.6 Å². The van der Waals surface area contributed by atoms with Crippen LogP contribution in [0.3, 0.4) is 0 Å². The Labute approximate surface area is 124 Å². The van der Waals surface area contributed by atoms with Gasteiger partial charge in [-0.3, -0.25) is 4.99 Å². The molecule has 1 aliphatic heterocycles. The molecule has 110 valence electrons. The quantitative estimate of drug-likeness (QED) is 0.837. The molecule has 0 aliphatic carbocycles. The van der Waals surface area contributed by atoms with Crippen LogP contribution in [0.5, 0.6) is 0 Å². The minimum atomic E-state index is -4.41. The number of thioether (sulfide) groups is 1. The molecule has 1 atom stereocenters. The van der Waals surface area contributed by atoms with Gasteiger partial charge >= 0.3 is 6.18 Å². The Hall–Kier alpha value is -0.880. The minimum Gasteiger partial charge on any atom is -0.335 e. The van der Waals surface area contributed by atoms with Gasteiger partial charge in [-0.2, -0.15) is 13.2 Å². The molecule has 0 spiro atoms. The van der Waals surface area contributed by atoms with E-state index in [1.807, 2.05) is 0 Å². The molecule has 1 unspecified atom stereocenters. The maximum atomic E-state index is 12.7. The Balaban J connectivity index is 2.13. The van der Waals surface area contributed by atoms with Gasteiger partial charge in [-0.15, -0.1) is 0 Å². The van der Waals surface area contributed by atoms with Crippen molar-refractivity contribution >= 4 is 34.2 Å². The third kappa shape index (κ3) is 3.82. The normalized spacial score (nSPS) is 19.4. The number of nitrogens with zero attached hydrogens (tertiary/aromatic N) is 1. The van der Waals surface area contributed by atoms with Crippen molar-refractivity contribution in [1.29, 1.82) is 0 Å².